The number of ether oxygens (including phenoxy) is 1. The summed E-state index contributed by atoms with van der Waals surface area (Å²) in [6.45, 7) is 6.69. The molecule has 1 amide bonds. The zero-order chi connectivity index (χ0) is 14.8. The van der Waals surface area contributed by atoms with Crippen LogP contribution in [0.3, 0.4) is 0 Å². The predicted molar refractivity (Wildman–Crippen MR) is 74.2 cm³/mol. The van der Waals surface area contributed by atoms with Gasteiger partial charge in [-0.2, -0.15) is 5.26 Å². The predicted octanol–water partition coefficient (Wildman–Crippen LogP) is 1.98. The smallest absolute Gasteiger partial charge is 0.410 e. The van der Waals surface area contributed by atoms with Crippen LogP contribution in [-0.4, -0.2) is 40.7 Å². The number of anilines is 1. The van der Waals surface area contributed by atoms with Gasteiger partial charge in [0.25, 0.3) is 0 Å². The lowest BCUT2D eigenvalue weighted by atomic mass is 10.1. The summed E-state index contributed by atoms with van der Waals surface area (Å²) in [4.78, 5) is 17.5. The maximum absolute atomic E-state index is 11.8. The second-order valence-electron chi connectivity index (χ2n) is 5.77. The Morgan fingerprint density at radius 1 is 1.55 bits per heavy atom. The molecule has 106 valence electrons. The molecule has 2 rings (SSSR count). The van der Waals surface area contributed by atoms with Crippen LogP contribution in [0.5, 0.6) is 0 Å². The van der Waals surface area contributed by atoms with Crippen molar-refractivity contribution in [2.24, 2.45) is 0 Å². The highest BCUT2D eigenvalue weighted by Gasteiger charge is 2.33. The first-order valence-electron chi connectivity index (χ1n) is 6.48. The maximum Gasteiger partial charge on any atom is 0.410 e. The van der Waals surface area contributed by atoms with Gasteiger partial charge in [-0.15, -0.1) is 0 Å². The Morgan fingerprint density at radius 2 is 2.25 bits per heavy atom. The van der Waals surface area contributed by atoms with Gasteiger partial charge in [-0.1, -0.05) is 0 Å². The molecular weight excluding hydrogens is 256 g/mol. The minimum absolute atomic E-state index is 0.143. The molecular formula is C14H18N4O2. The number of nitrogens with zero attached hydrogens (tertiary/aromatic N) is 3. The molecule has 6 heteroatoms. The van der Waals surface area contributed by atoms with Crippen LogP contribution in [0.25, 0.3) is 0 Å². The highest BCUT2D eigenvalue weighted by Crippen LogP contribution is 2.18. The van der Waals surface area contributed by atoms with Crippen LogP contribution >= 0.6 is 0 Å². The summed E-state index contributed by atoms with van der Waals surface area (Å²) < 4.78 is 5.28. The fraction of sp³-hybridized carbons (Fsp3) is 0.500. The molecule has 0 aromatic carbocycles. The Kier molecular flexibility index (Phi) is 3.79. The highest BCUT2D eigenvalue weighted by molar-refractivity contribution is 5.69. The SMILES string of the molecule is CC(C)(C)OC(=O)N1CC(Nc2cc(C#N)ccn2)C1. The van der Waals surface area contributed by atoms with Gasteiger partial charge >= 0.3 is 6.09 Å². The molecule has 1 aliphatic heterocycles. The van der Waals surface area contributed by atoms with Crippen molar-refractivity contribution in [1.29, 1.82) is 5.26 Å². The lowest BCUT2D eigenvalue weighted by Gasteiger charge is -2.40. The van der Waals surface area contributed by atoms with E-state index in [0.29, 0.717) is 24.5 Å². The molecule has 6 nitrogen and oxygen atoms in total. The van der Waals surface area contributed by atoms with Gasteiger partial charge < -0.3 is 15.0 Å². The zero-order valence-electron chi connectivity index (χ0n) is 11.9. The van der Waals surface area contributed by atoms with E-state index in [9.17, 15) is 4.79 Å². The molecule has 0 atom stereocenters. The monoisotopic (exact) mass is 274 g/mol. The summed E-state index contributed by atoms with van der Waals surface area (Å²) in [7, 11) is 0. The van der Waals surface area contributed by atoms with Crippen molar-refractivity contribution in [3.05, 3.63) is 23.9 Å². The van der Waals surface area contributed by atoms with Crippen LogP contribution in [0.2, 0.25) is 0 Å². The number of amides is 1. The van der Waals surface area contributed by atoms with E-state index < -0.39 is 5.60 Å². The number of aromatic nitrogens is 1. The zero-order valence-corrected chi connectivity index (χ0v) is 11.9. The van der Waals surface area contributed by atoms with Crippen molar-refractivity contribution in [3.8, 4) is 6.07 Å². The first-order chi connectivity index (χ1) is 9.37. The normalized spacial score (nSPS) is 15.2. The van der Waals surface area contributed by atoms with E-state index in [1.807, 2.05) is 20.8 Å². The van der Waals surface area contributed by atoms with Crippen molar-refractivity contribution in [3.63, 3.8) is 0 Å². The summed E-state index contributed by atoms with van der Waals surface area (Å²) in [6, 6.07) is 5.55. The van der Waals surface area contributed by atoms with E-state index in [2.05, 4.69) is 16.4 Å². The van der Waals surface area contributed by atoms with Crippen molar-refractivity contribution in [1.82, 2.24) is 9.88 Å². The van der Waals surface area contributed by atoms with Gasteiger partial charge in [-0.25, -0.2) is 9.78 Å². The van der Waals surface area contributed by atoms with E-state index in [1.165, 1.54) is 0 Å². The van der Waals surface area contributed by atoms with Gasteiger partial charge in [0.15, 0.2) is 0 Å². The number of hydrogen-bond acceptors (Lipinski definition) is 5. The third kappa shape index (κ3) is 3.60. The summed E-state index contributed by atoms with van der Waals surface area (Å²) in [5.41, 5.74) is 0.0870. The molecule has 1 aromatic rings. The molecule has 2 heterocycles. The average Bonchev–Trinajstić information content (AvgIpc) is 2.31. The largest absolute Gasteiger partial charge is 0.444 e. The van der Waals surface area contributed by atoms with Crippen LogP contribution in [0, 0.1) is 11.3 Å². The number of hydrogen-bond donors (Lipinski definition) is 1. The van der Waals surface area contributed by atoms with Gasteiger partial charge in [0.05, 0.1) is 17.7 Å². The van der Waals surface area contributed by atoms with Gasteiger partial charge in [-0.3, -0.25) is 0 Å². The first kappa shape index (κ1) is 14.1. The third-order valence-corrected chi connectivity index (χ3v) is 2.77. The summed E-state index contributed by atoms with van der Waals surface area (Å²) >= 11 is 0. The van der Waals surface area contributed by atoms with Crippen LogP contribution < -0.4 is 5.32 Å². The quantitative estimate of drug-likeness (QED) is 0.892. The molecule has 0 bridgehead atoms. The Hall–Kier alpha value is -2.29. The van der Waals surface area contributed by atoms with Gasteiger partial charge in [0.2, 0.25) is 0 Å². The van der Waals surface area contributed by atoms with Crippen LogP contribution in [0.4, 0.5) is 10.6 Å². The van der Waals surface area contributed by atoms with E-state index in [1.54, 1.807) is 23.2 Å². The minimum Gasteiger partial charge on any atom is -0.444 e. The third-order valence-electron chi connectivity index (χ3n) is 2.77. The molecule has 1 aliphatic rings. The Balaban J connectivity index is 1.82. The number of pyridine rings is 1. The van der Waals surface area contributed by atoms with Gasteiger partial charge in [-0.05, 0) is 32.9 Å². The average molecular weight is 274 g/mol. The lowest BCUT2D eigenvalue weighted by Crippen LogP contribution is -2.58. The molecule has 0 saturated carbocycles. The number of likely N-dealkylation sites (tertiary alicyclic amines) is 1. The van der Waals surface area contributed by atoms with E-state index >= 15 is 0 Å². The van der Waals surface area contributed by atoms with Crippen molar-refractivity contribution in [2.45, 2.75) is 32.4 Å². The molecule has 1 fully saturated rings. The maximum atomic E-state index is 11.8. The number of nitrogens with one attached hydrogen (secondary N) is 1. The standard InChI is InChI=1S/C14H18N4O2/c1-14(2,3)20-13(19)18-8-11(9-18)17-12-6-10(7-15)4-5-16-12/h4-6,11H,8-9H2,1-3H3,(H,16,17). The first-order valence-corrected chi connectivity index (χ1v) is 6.48. The van der Waals surface area contributed by atoms with Gasteiger partial charge in [0.1, 0.15) is 11.4 Å². The molecule has 1 aromatic heterocycles. The van der Waals surface area contributed by atoms with Crippen molar-refractivity contribution < 1.29 is 9.53 Å². The highest BCUT2D eigenvalue weighted by atomic mass is 16.6. The molecule has 1 N–H and O–H groups in total. The number of nitriles is 1. The molecule has 20 heavy (non-hydrogen) atoms. The second-order valence-corrected chi connectivity index (χ2v) is 5.77. The minimum atomic E-state index is -0.474. The summed E-state index contributed by atoms with van der Waals surface area (Å²) in [6.07, 6.45) is 1.29. The van der Waals surface area contributed by atoms with Crippen molar-refractivity contribution in [2.75, 3.05) is 18.4 Å². The summed E-state index contributed by atoms with van der Waals surface area (Å²) in [5, 5.41) is 12.0. The molecule has 1 saturated heterocycles. The molecule has 0 unspecified atom stereocenters. The second kappa shape index (κ2) is 5.37. The lowest BCUT2D eigenvalue weighted by molar-refractivity contribution is 0.0104. The van der Waals surface area contributed by atoms with Crippen LogP contribution in [0.1, 0.15) is 26.3 Å². The van der Waals surface area contributed by atoms with E-state index in [0.717, 1.165) is 0 Å². The van der Waals surface area contributed by atoms with Gasteiger partial charge in [0, 0.05) is 19.3 Å². The number of carbonyl (C=O) groups is 1. The fourth-order valence-corrected chi connectivity index (χ4v) is 1.83. The Morgan fingerprint density at radius 3 is 2.85 bits per heavy atom. The Bertz CT molecular complexity index is 539. The number of rotatable bonds is 2. The Labute approximate surface area is 118 Å². The summed E-state index contributed by atoms with van der Waals surface area (Å²) in [5.74, 6) is 0.651. The fourth-order valence-electron chi connectivity index (χ4n) is 1.83. The van der Waals surface area contributed by atoms with Crippen molar-refractivity contribution >= 4 is 11.9 Å². The van der Waals surface area contributed by atoms with E-state index in [4.69, 9.17) is 10.00 Å². The number of carbonyl (C=O) groups excluding carboxylic acids is 1. The molecule has 0 spiro atoms. The van der Waals surface area contributed by atoms with Crippen LogP contribution in [0.15, 0.2) is 18.3 Å². The van der Waals surface area contributed by atoms with E-state index in [-0.39, 0.29) is 12.1 Å². The molecule has 0 radical (unpaired) electrons. The topological polar surface area (TPSA) is 78.2 Å². The van der Waals surface area contributed by atoms with Crippen LogP contribution in [-0.2, 0) is 4.74 Å². The molecule has 0 aliphatic carbocycles.